The molecule has 0 radical (unpaired) electrons. The largest absolute Gasteiger partial charge is 0.462 e. The summed E-state index contributed by atoms with van der Waals surface area (Å²) in [6, 6.07) is 20.6. The van der Waals surface area contributed by atoms with Gasteiger partial charge in [-0.2, -0.15) is 0 Å². The number of carbonyl (C=O) groups is 1. The molecule has 1 fully saturated rings. The van der Waals surface area contributed by atoms with Crippen LogP contribution in [0, 0.1) is 0 Å². The van der Waals surface area contributed by atoms with Gasteiger partial charge in [-0.1, -0.05) is 60.7 Å². The predicted molar refractivity (Wildman–Crippen MR) is 94.0 cm³/mol. The summed E-state index contributed by atoms with van der Waals surface area (Å²) in [5, 5.41) is 0. The van der Waals surface area contributed by atoms with Crippen LogP contribution in [0.2, 0.25) is 0 Å². The van der Waals surface area contributed by atoms with Gasteiger partial charge in [0.25, 0.3) is 0 Å². The summed E-state index contributed by atoms with van der Waals surface area (Å²) in [5.41, 5.74) is 2.51. The zero-order chi connectivity index (χ0) is 16.1. The van der Waals surface area contributed by atoms with Crippen molar-refractivity contribution in [3.05, 3.63) is 71.8 Å². The van der Waals surface area contributed by atoms with E-state index in [1.807, 2.05) is 43.0 Å². The fourth-order valence-corrected chi connectivity index (χ4v) is 3.92. The lowest BCUT2D eigenvalue weighted by molar-refractivity contribution is -0.160. The third-order valence-electron chi connectivity index (χ3n) is 4.16. The average molecular weight is 327 g/mol. The molecular weight excluding hydrogens is 306 g/mol. The first-order valence-corrected chi connectivity index (χ1v) is 9.00. The van der Waals surface area contributed by atoms with E-state index in [4.69, 9.17) is 4.74 Å². The van der Waals surface area contributed by atoms with Crippen molar-refractivity contribution >= 4 is 17.7 Å². The highest BCUT2D eigenvalue weighted by Gasteiger charge is 2.35. The van der Waals surface area contributed by atoms with Gasteiger partial charge < -0.3 is 4.74 Å². The normalized spacial score (nSPS) is 21.9. The Hall–Kier alpha value is -1.78. The van der Waals surface area contributed by atoms with Gasteiger partial charge in [0.1, 0.15) is 12.6 Å². The van der Waals surface area contributed by atoms with Gasteiger partial charge in [0.2, 0.25) is 0 Å². The number of ether oxygens (including phenoxy) is 1. The third kappa shape index (κ3) is 3.95. The highest BCUT2D eigenvalue weighted by molar-refractivity contribution is 7.98. The van der Waals surface area contributed by atoms with Crippen LogP contribution in [0.4, 0.5) is 0 Å². The van der Waals surface area contributed by atoms with Crippen molar-refractivity contribution in [2.75, 3.05) is 12.5 Å². The van der Waals surface area contributed by atoms with Crippen molar-refractivity contribution in [1.29, 1.82) is 0 Å². The summed E-state index contributed by atoms with van der Waals surface area (Å²) in [4.78, 5) is 14.2. The summed E-state index contributed by atoms with van der Waals surface area (Å²) >= 11 is 1.84. The summed E-state index contributed by atoms with van der Waals surface area (Å²) in [7, 11) is 0. The number of benzene rings is 2. The van der Waals surface area contributed by atoms with Crippen LogP contribution >= 0.6 is 11.8 Å². The molecule has 3 rings (SSSR count). The predicted octanol–water partition coefficient (Wildman–Crippen LogP) is 3.87. The van der Waals surface area contributed by atoms with E-state index in [2.05, 4.69) is 41.3 Å². The first-order valence-electron chi connectivity index (χ1n) is 7.84. The van der Waals surface area contributed by atoms with Crippen molar-refractivity contribution in [1.82, 2.24) is 4.90 Å². The fraction of sp³-hybridized carbons (Fsp3) is 0.316. The smallest absolute Gasteiger partial charge is 0.323 e. The van der Waals surface area contributed by atoms with Gasteiger partial charge in [0.15, 0.2) is 0 Å². The van der Waals surface area contributed by atoms with Crippen molar-refractivity contribution in [3.63, 3.8) is 0 Å². The number of cyclic esters (lactones) is 1. The summed E-state index contributed by atoms with van der Waals surface area (Å²) < 4.78 is 5.36. The van der Waals surface area contributed by atoms with E-state index in [-0.39, 0.29) is 18.1 Å². The molecule has 2 atom stereocenters. The van der Waals surface area contributed by atoms with Crippen LogP contribution in [-0.2, 0) is 15.3 Å². The molecule has 0 amide bonds. The first kappa shape index (κ1) is 16.1. The van der Waals surface area contributed by atoms with E-state index >= 15 is 0 Å². The van der Waals surface area contributed by atoms with Crippen LogP contribution in [0.25, 0.3) is 0 Å². The molecule has 2 aromatic rings. The number of thioether (sulfide) groups is 1. The zero-order valence-electron chi connectivity index (χ0n) is 13.2. The highest BCUT2D eigenvalue weighted by atomic mass is 32.2. The molecule has 0 saturated carbocycles. The lowest BCUT2D eigenvalue weighted by Gasteiger charge is -2.39. The van der Waals surface area contributed by atoms with Crippen molar-refractivity contribution in [3.8, 4) is 0 Å². The molecule has 23 heavy (non-hydrogen) atoms. The zero-order valence-corrected chi connectivity index (χ0v) is 14.0. The van der Waals surface area contributed by atoms with Gasteiger partial charge in [-0.15, -0.1) is 11.8 Å². The summed E-state index contributed by atoms with van der Waals surface area (Å²) in [5.74, 6) is 1.63. The van der Waals surface area contributed by atoms with Gasteiger partial charge >= 0.3 is 5.97 Å². The topological polar surface area (TPSA) is 29.5 Å². The Morgan fingerprint density at radius 1 is 1.09 bits per heavy atom. The number of rotatable bonds is 5. The van der Waals surface area contributed by atoms with Gasteiger partial charge in [-0.3, -0.25) is 9.69 Å². The maximum atomic E-state index is 11.9. The molecule has 120 valence electrons. The number of morpholine rings is 1. The quantitative estimate of drug-likeness (QED) is 0.780. The van der Waals surface area contributed by atoms with Crippen molar-refractivity contribution < 1.29 is 9.53 Å². The second-order valence-corrected chi connectivity index (χ2v) is 6.66. The molecule has 0 spiro atoms. The molecule has 0 aliphatic carbocycles. The monoisotopic (exact) mass is 327 g/mol. The molecule has 0 aromatic heterocycles. The molecule has 2 unspecified atom stereocenters. The number of esters is 1. The van der Waals surface area contributed by atoms with Crippen LogP contribution in [0.1, 0.15) is 24.1 Å². The van der Waals surface area contributed by atoms with E-state index in [0.29, 0.717) is 6.61 Å². The van der Waals surface area contributed by atoms with Gasteiger partial charge in [-0.05, 0) is 18.1 Å². The molecule has 1 aliphatic heterocycles. The maximum absolute atomic E-state index is 11.9. The number of hydrogen-bond donors (Lipinski definition) is 0. The fourth-order valence-electron chi connectivity index (χ4n) is 2.79. The second kappa shape index (κ2) is 7.66. The number of nitrogens with zero attached hydrogens (tertiary/aromatic N) is 1. The Labute approximate surface area is 141 Å². The van der Waals surface area contributed by atoms with Crippen LogP contribution < -0.4 is 0 Å². The molecule has 3 nitrogen and oxygen atoms in total. The molecule has 1 saturated heterocycles. The van der Waals surface area contributed by atoms with Crippen LogP contribution in [0.3, 0.4) is 0 Å². The van der Waals surface area contributed by atoms with Gasteiger partial charge in [0, 0.05) is 11.6 Å². The van der Waals surface area contributed by atoms with E-state index < -0.39 is 0 Å². The van der Waals surface area contributed by atoms with E-state index in [9.17, 15) is 4.79 Å². The highest BCUT2D eigenvalue weighted by Crippen LogP contribution is 2.30. The molecule has 4 heteroatoms. The Morgan fingerprint density at radius 3 is 2.43 bits per heavy atom. The molecule has 2 aromatic carbocycles. The lowest BCUT2D eigenvalue weighted by Crippen LogP contribution is -2.48. The minimum Gasteiger partial charge on any atom is -0.462 e. The van der Waals surface area contributed by atoms with Crippen LogP contribution in [-0.4, -0.2) is 29.4 Å². The number of hydrogen-bond acceptors (Lipinski definition) is 4. The standard InChI is InChI=1S/C19H21NO2S/c1-15-19(21)22-12-18(17-10-6-3-7-11-17)20(15)14-23-13-16-8-4-2-5-9-16/h2-11,15,18H,12-14H2,1H3. The van der Waals surface area contributed by atoms with E-state index in [1.54, 1.807) is 0 Å². The summed E-state index contributed by atoms with van der Waals surface area (Å²) in [6.45, 7) is 2.36. The van der Waals surface area contributed by atoms with Crippen LogP contribution in [0.5, 0.6) is 0 Å². The van der Waals surface area contributed by atoms with Gasteiger partial charge in [-0.25, -0.2) is 0 Å². The third-order valence-corrected chi connectivity index (χ3v) is 5.18. The molecular formula is C19H21NO2S. The Morgan fingerprint density at radius 2 is 1.74 bits per heavy atom. The molecule has 1 aliphatic rings. The van der Waals surface area contributed by atoms with E-state index in [1.165, 1.54) is 11.1 Å². The SMILES string of the molecule is CC1C(=O)OCC(c2ccccc2)N1CSCc1ccccc1. The first-order chi connectivity index (χ1) is 11.3. The van der Waals surface area contributed by atoms with Crippen molar-refractivity contribution in [2.24, 2.45) is 0 Å². The minimum absolute atomic E-state index is 0.127. The van der Waals surface area contributed by atoms with Crippen LogP contribution in [0.15, 0.2) is 60.7 Å². The van der Waals surface area contributed by atoms with Crippen molar-refractivity contribution in [2.45, 2.75) is 24.8 Å². The van der Waals surface area contributed by atoms with Gasteiger partial charge in [0.05, 0.1) is 6.04 Å². The Kier molecular flexibility index (Phi) is 5.36. The minimum atomic E-state index is -0.211. The Bertz CT molecular complexity index is 632. The molecule has 0 N–H and O–H groups in total. The van der Waals surface area contributed by atoms with E-state index in [0.717, 1.165) is 11.6 Å². The molecule has 1 heterocycles. The maximum Gasteiger partial charge on any atom is 0.323 e. The second-order valence-electron chi connectivity index (χ2n) is 5.71. The average Bonchev–Trinajstić information content (AvgIpc) is 2.60. The lowest BCUT2D eigenvalue weighted by atomic mass is 10.0. The number of carbonyl (C=O) groups excluding carboxylic acids is 1. The Balaban J connectivity index is 1.68. The summed E-state index contributed by atoms with van der Waals surface area (Å²) in [6.07, 6.45) is 0. The molecule has 0 bridgehead atoms.